The number of piperidine rings is 1. The molecule has 0 spiro atoms. The van der Waals surface area contributed by atoms with Crippen molar-refractivity contribution in [2.75, 3.05) is 20.2 Å². The highest BCUT2D eigenvalue weighted by atomic mass is 16.5. The third kappa shape index (κ3) is 3.83. The number of carbonyl (C=O) groups is 1. The summed E-state index contributed by atoms with van der Waals surface area (Å²) in [6.45, 7) is 5.21. The first-order valence-electron chi connectivity index (χ1n) is 7.62. The van der Waals surface area contributed by atoms with Gasteiger partial charge in [-0.25, -0.2) is 0 Å². The van der Waals surface area contributed by atoms with Gasteiger partial charge in [-0.1, -0.05) is 31.2 Å². The molecule has 4 heteroatoms. The van der Waals surface area contributed by atoms with Gasteiger partial charge in [0.1, 0.15) is 0 Å². The van der Waals surface area contributed by atoms with Crippen molar-refractivity contribution in [3.63, 3.8) is 0 Å². The Morgan fingerprint density at radius 3 is 2.57 bits per heavy atom. The van der Waals surface area contributed by atoms with Crippen molar-refractivity contribution in [1.29, 1.82) is 0 Å². The second-order valence-corrected chi connectivity index (χ2v) is 5.97. The summed E-state index contributed by atoms with van der Waals surface area (Å²) in [4.78, 5) is 13.8. The zero-order valence-electron chi connectivity index (χ0n) is 13.0. The number of benzene rings is 1. The van der Waals surface area contributed by atoms with Gasteiger partial charge in [0, 0.05) is 13.7 Å². The molecule has 0 aliphatic carbocycles. The van der Waals surface area contributed by atoms with Gasteiger partial charge in [0.15, 0.2) is 0 Å². The van der Waals surface area contributed by atoms with E-state index in [2.05, 4.69) is 29.2 Å². The van der Waals surface area contributed by atoms with Crippen LogP contribution in [0, 0.1) is 5.41 Å². The van der Waals surface area contributed by atoms with Gasteiger partial charge in [-0.05, 0) is 43.5 Å². The highest BCUT2D eigenvalue weighted by Gasteiger charge is 2.39. The topological polar surface area (TPSA) is 49.8 Å². The van der Waals surface area contributed by atoms with E-state index in [4.69, 9.17) is 4.74 Å². The zero-order valence-corrected chi connectivity index (χ0v) is 13.0. The average molecular weight is 291 g/mol. The van der Waals surface area contributed by atoms with Gasteiger partial charge in [0.2, 0.25) is 0 Å². The molecule has 116 valence electrons. The number of aliphatic carboxylic acids is 1. The smallest absolute Gasteiger partial charge is 0.309 e. The van der Waals surface area contributed by atoms with E-state index in [1.165, 1.54) is 11.1 Å². The number of rotatable bonds is 6. The predicted octanol–water partition coefficient (Wildman–Crippen LogP) is 2.91. The summed E-state index contributed by atoms with van der Waals surface area (Å²) in [7, 11) is 1.70. The van der Waals surface area contributed by atoms with E-state index in [0.29, 0.717) is 6.61 Å². The number of nitrogens with zero attached hydrogens (tertiary/aromatic N) is 1. The van der Waals surface area contributed by atoms with Crippen molar-refractivity contribution < 1.29 is 14.6 Å². The molecule has 21 heavy (non-hydrogen) atoms. The Hall–Kier alpha value is -1.39. The predicted molar refractivity (Wildman–Crippen MR) is 82.0 cm³/mol. The van der Waals surface area contributed by atoms with Crippen LogP contribution in [0.4, 0.5) is 0 Å². The van der Waals surface area contributed by atoms with Crippen LogP contribution in [0.15, 0.2) is 24.3 Å². The number of hydrogen-bond donors (Lipinski definition) is 1. The van der Waals surface area contributed by atoms with Crippen LogP contribution in [0.1, 0.15) is 37.3 Å². The second kappa shape index (κ2) is 7.05. The average Bonchev–Trinajstić information content (AvgIpc) is 2.49. The standard InChI is InChI=1S/C17H25NO3/c1-3-17(16(19)20)7-9-18(10-8-17)12-14-5-4-6-15(11-14)13-21-2/h4-6,11H,3,7-10,12-13H2,1-2H3,(H,19,20). The Bertz CT molecular complexity index is 479. The van der Waals surface area contributed by atoms with Crippen molar-refractivity contribution in [2.45, 2.75) is 39.3 Å². The fraction of sp³-hybridized carbons (Fsp3) is 0.588. The molecule has 0 aromatic heterocycles. The first kappa shape index (κ1) is 16.0. The normalized spacial score (nSPS) is 18.6. The summed E-state index contributed by atoms with van der Waals surface area (Å²) < 4.78 is 5.16. The molecule has 1 aromatic rings. The van der Waals surface area contributed by atoms with E-state index in [1.54, 1.807) is 7.11 Å². The SMILES string of the molecule is CCC1(C(=O)O)CCN(Cc2cccc(COC)c2)CC1. The summed E-state index contributed by atoms with van der Waals surface area (Å²) in [5.74, 6) is -0.633. The van der Waals surface area contributed by atoms with Crippen molar-refractivity contribution >= 4 is 5.97 Å². The molecule has 4 nitrogen and oxygen atoms in total. The molecule has 0 bridgehead atoms. The highest BCUT2D eigenvalue weighted by molar-refractivity contribution is 5.74. The van der Waals surface area contributed by atoms with Gasteiger partial charge in [-0.15, -0.1) is 0 Å². The van der Waals surface area contributed by atoms with Crippen LogP contribution >= 0.6 is 0 Å². The molecule has 1 fully saturated rings. The van der Waals surface area contributed by atoms with Gasteiger partial charge in [-0.2, -0.15) is 0 Å². The van der Waals surface area contributed by atoms with Gasteiger partial charge in [0.25, 0.3) is 0 Å². The minimum atomic E-state index is -0.633. The first-order valence-corrected chi connectivity index (χ1v) is 7.62. The maximum absolute atomic E-state index is 11.5. The molecule has 1 heterocycles. The zero-order chi connectivity index (χ0) is 15.3. The first-order chi connectivity index (χ1) is 10.1. The Morgan fingerprint density at radius 1 is 1.33 bits per heavy atom. The molecule has 0 radical (unpaired) electrons. The Labute approximate surface area is 126 Å². The van der Waals surface area contributed by atoms with Crippen LogP contribution in [-0.2, 0) is 22.7 Å². The van der Waals surface area contributed by atoms with E-state index in [-0.39, 0.29) is 0 Å². The Balaban J connectivity index is 1.94. The van der Waals surface area contributed by atoms with E-state index >= 15 is 0 Å². The third-order valence-corrected chi connectivity index (χ3v) is 4.65. The van der Waals surface area contributed by atoms with E-state index < -0.39 is 11.4 Å². The molecule has 1 aromatic carbocycles. The maximum Gasteiger partial charge on any atom is 0.309 e. The van der Waals surface area contributed by atoms with Crippen LogP contribution in [0.25, 0.3) is 0 Å². The van der Waals surface area contributed by atoms with Crippen LogP contribution in [0.5, 0.6) is 0 Å². The van der Waals surface area contributed by atoms with Gasteiger partial charge in [-0.3, -0.25) is 9.69 Å². The molecule has 1 N–H and O–H groups in total. The van der Waals surface area contributed by atoms with Crippen molar-refractivity contribution in [3.8, 4) is 0 Å². The summed E-state index contributed by atoms with van der Waals surface area (Å²) in [6.07, 6.45) is 2.21. The minimum absolute atomic E-state index is 0.506. The lowest BCUT2D eigenvalue weighted by molar-refractivity contribution is -0.152. The summed E-state index contributed by atoms with van der Waals surface area (Å²) in [6, 6.07) is 8.41. The fourth-order valence-electron chi connectivity index (χ4n) is 3.10. The largest absolute Gasteiger partial charge is 0.481 e. The van der Waals surface area contributed by atoms with E-state index in [9.17, 15) is 9.90 Å². The van der Waals surface area contributed by atoms with Gasteiger partial charge in [0.05, 0.1) is 12.0 Å². The summed E-state index contributed by atoms with van der Waals surface area (Å²) in [5, 5.41) is 9.43. The van der Waals surface area contributed by atoms with Crippen molar-refractivity contribution in [2.24, 2.45) is 5.41 Å². The Morgan fingerprint density at radius 2 is 2.00 bits per heavy atom. The molecular formula is C17H25NO3. The maximum atomic E-state index is 11.5. The molecule has 1 aliphatic rings. The van der Waals surface area contributed by atoms with Gasteiger partial charge >= 0.3 is 5.97 Å². The summed E-state index contributed by atoms with van der Waals surface area (Å²) in [5.41, 5.74) is 1.94. The molecule has 0 saturated carbocycles. The number of methoxy groups -OCH3 is 1. The van der Waals surface area contributed by atoms with Crippen LogP contribution < -0.4 is 0 Å². The lowest BCUT2D eigenvalue weighted by Gasteiger charge is -2.38. The van der Waals surface area contributed by atoms with Crippen LogP contribution in [0.3, 0.4) is 0 Å². The number of carboxylic acid groups (broad SMARTS) is 1. The number of likely N-dealkylation sites (tertiary alicyclic amines) is 1. The molecule has 0 unspecified atom stereocenters. The van der Waals surface area contributed by atoms with Crippen molar-refractivity contribution in [1.82, 2.24) is 4.90 Å². The Kier molecular flexibility index (Phi) is 5.37. The third-order valence-electron chi connectivity index (χ3n) is 4.65. The van der Waals surface area contributed by atoms with Crippen molar-refractivity contribution in [3.05, 3.63) is 35.4 Å². The number of ether oxygens (including phenoxy) is 1. The monoisotopic (exact) mass is 291 g/mol. The molecule has 0 amide bonds. The highest BCUT2D eigenvalue weighted by Crippen LogP contribution is 2.35. The molecule has 0 atom stereocenters. The summed E-state index contributed by atoms with van der Waals surface area (Å²) >= 11 is 0. The minimum Gasteiger partial charge on any atom is -0.481 e. The molecule has 1 aliphatic heterocycles. The van der Waals surface area contributed by atoms with E-state index in [0.717, 1.165) is 38.9 Å². The number of hydrogen-bond acceptors (Lipinski definition) is 3. The van der Waals surface area contributed by atoms with Gasteiger partial charge < -0.3 is 9.84 Å². The van der Waals surface area contributed by atoms with Crippen LogP contribution in [0.2, 0.25) is 0 Å². The second-order valence-electron chi connectivity index (χ2n) is 5.97. The molecule has 2 rings (SSSR count). The molecular weight excluding hydrogens is 266 g/mol. The lowest BCUT2D eigenvalue weighted by Crippen LogP contribution is -2.43. The fourth-order valence-corrected chi connectivity index (χ4v) is 3.10. The molecule has 1 saturated heterocycles. The van der Waals surface area contributed by atoms with E-state index in [1.807, 2.05) is 6.92 Å². The lowest BCUT2D eigenvalue weighted by atomic mass is 9.76. The number of carboxylic acids is 1. The van der Waals surface area contributed by atoms with Crippen LogP contribution in [-0.4, -0.2) is 36.2 Å². The quantitative estimate of drug-likeness (QED) is 0.875.